The number of hydrogen-bond donors (Lipinski definition) is 1. The summed E-state index contributed by atoms with van der Waals surface area (Å²) in [6.45, 7) is 0.211. The lowest BCUT2D eigenvalue weighted by Crippen LogP contribution is -2.13. The van der Waals surface area contributed by atoms with E-state index in [1.54, 1.807) is 36.0 Å². The number of primary amides is 1. The molecule has 0 bridgehead atoms. The molecule has 120 valence electrons. The topological polar surface area (TPSA) is 69.4 Å². The van der Waals surface area contributed by atoms with Gasteiger partial charge in [-0.25, -0.2) is 4.79 Å². The fourth-order valence-electron chi connectivity index (χ4n) is 1.86. The van der Waals surface area contributed by atoms with Crippen LogP contribution in [0.1, 0.15) is 15.9 Å². The number of rotatable bonds is 7. The van der Waals surface area contributed by atoms with Gasteiger partial charge in [-0.05, 0) is 36.1 Å². The summed E-state index contributed by atoms with van der Waals surface area (Å²) in [5, 5.41) is 0. The first-order chi connectivity index (χ1) is 11.1. The lowest BCUT2D eigenvalue weighted by Gasteiger charge is -2.09. The summed E-state index contributed by atoms with van der Waals surface area (Å²) in [4.78, 5) is 25.0. The zero-order valence-corrected chi connectivity index (χ0v) is 14.3. The Labute approximate surface area is 143 Å². The molecular formula is C17H17NO3S2. The van der Waals surface area contributed by atoms with E-state index in [4.69, 9.17) is 10.5 Å². The molecule has 0 unspecified atom stereocenters. The SMILES string of the molecule is CSc1ccc(COC(=O)c2ccccc2SCC(N)=O)cc1. The van der Waals surface area contributed by atoms with Crippen LogP contribution < -0.4 is 5.73 Å². The molecule has 0 aliphatic heterocycles. The van der Waals surface area contributed by atoms with Gasteiger partial charge in [-0.3, -0.25) is 4.79 Å². The normalized spacial score (nSPS) is 10.3. The molecule has 0 aromatic heterocycles. The van der Waals surface area contributed by atoms with Gasteiger partial charge in [0.15, 0.2) is 0 Å². The number of hydrogen-bond acceptors (Lipinski definition) is 5. The zero-order chi connectivity index (χ0) is 16.7. The number of benzene rings is 2. The van der Waals surface area contributed by atoms with Gasteiger partial charge in [0.2, 0.25) is 5.91 Å². The maximum Gasteiger partial charge on any atom is 0.339 e. The Morgan fingerprint density at radius 1 is 1.09 bits per heavy atom. The highest BCUT2D eigenvalue weighted by Crippen LogP contribution is 2.23. The van der Waals surface area contributed by atoms with Crippen molar-refractivity contribution in [2.24, 2.45) is 5.73 Å². The van der Waals surface area contributed by atoms with Crippen molar-refractivity contribution in [1.29, 1.82) is 0 Å². The second kappa shape index (κ2) is 8.64. The van der Waals surface area contributed by atoms with Gasteiger partial charge in [0.1, 0.15) is 6.61 Å². The van der Waals surface area contributed by atoms with Gasteiger partial charge in [0.25, 0.3) is 0 Å². The molecule has 0 saturated heterocycles. The van der Waals surface area contributed by atoms with Crippen LogP contribution in [0.15, 0.2) is 58.3 Å². The van der Waals surface area contributed by atoms with Gasteiger partial charge in [-0.1, -0.05) is 24.3 Å². The lowest BCUT2D eigenvalue weighted by molar-refractivity contribution is -0.115. The molecule has 23 heavy (non-hydrogen) atoms. The number of nitrogens with two attached hydrogens (primary N) is 1. The second-order valence-electron chi connectivity index (χ2n) is 4.68. The van der Waals surface area contributed by atoms with E-state index in [0.717, 1.165) is 10.5 Å². The summed E-state index contributed by atoms with van der Waals surface area (Å²) >= 11 is 2.89. The average Bonchev–Trinajstić information content (AvgIpc) is 2.58. The van der Waals surface area contributed by atoms with Crippen LogP contribution in [-0.4, -0.2) is 23.9 Å². The third-order valence-corrected chi connectivity index (χ3v) is 4.85. The largest absolute Gasteiger partial charge is 0.457 e. The minimum absolute atomic E-state index is 0.125. The van der Waals surface area contributed by atoms with E-state index in [-0.39, 0.29) is 12.4 Å². The van der Waals surface area contributed by atoms with Crippen LogP contribution in [0.25, 0.3) is 0 Å². The third kappa shape index (κ3) is 5.33. The summed E-state index contributed by atoms with van der Waals surface area (Å²) < 4.78 is 5.36. The van der Waals surface area contributed by atoms with Crippen LogP contribution >= 0.6 is 23.5 Å². The van der Waals surface area contributed by atoms with Crippen LogP contribution in [0.5, 0.6) is 0 Å². The van der Waals surface area contributed by atoms with Crippen molar-refractivity contribution in [2.75, 3.05) is 12.0 Å². The molecule has 0 heterocycles. The first kappa shape index (κ1) is 17.4. The molecule has 0 spiro atoms. The molecule has 2 aromatic rings. The maximum absolute atomic E-state index is 12.3. The van der Waals surface area contributed by atoms with Gasteiger partial charge >= 0.3 is 5.97 Å². The van der Waals surface area contributed by atoms with Crippen LogP contribution in [0.2, 0.25) is 0 Å². The Morgan fingerprint density at radius 3 is 2.43 bits per heavy atom. The Bertz CT molecular complexity index is 686. The van der Waals surface area contributed by atoms with E-state index < -0.39 is 11.9 Å². The van der Waals surface area contributed by atoms with E-state index in [9.17, 15) is 9.59 Å². The molecule has 0 aliphatic rings. The third-order valence-electron chi connectivity index (χ3n) is 3.01. The molecule has 2 rings (SSSR count). The molecule has 0 radical (unpaired) electrons. The summed E-state index contributed by atoms with van der Waals surface area (Å²) in [7, 11) is 0. The Balaban J connectivity index is 2.01. The number of carbonyl (C=O) groups excluding carboxylic acids is 2. The van der Waals surface area contributed by atoms with Gasteiger partial charge in [-0.2, -0.15) is 0 Å². The second-order valence-corrected chi connectivity index (χ2v) is 6.57. The van der Waals surface area contributed by atoms with Crippen LogP contribution in [0.4, 0.5) is 0 Å². The fourth-order valence-corrected chi connectivity index (χ4v) is 3.05. The number of thioether (sulfide) groups is 2. The average molecular weight is 347 g/mol. The van der Waals surface area contributed by atoms with Crippen LogP contribution in [0.3, 0.4) is 0 Å². The van der Waals surface area contributed by atoms with E-state index in [0.29, 0.717) is 10.5 Å². The summed E-state index contributed by atoms with van der Waals surface area (Å²) in [6.07, 6.45) is 2.01. The van der Waals surface area contributed by atoms with Gasteiger partial charge < -0.3 is 10.5 Å². The van der Waals surface area contributed by atoms with Gasteiger partial charge in [0.05, 0.1) is 11.3 Å². The first-order valence-electron chi connectivity index (χ1n) is 6.90. The summed E-state index contributed by atoms with van der Waals surface area (Å²) in [6, 6.07) is 14.9. The first-order valence-corrected chi connectivity index (χ1v) is 9.11. The highest BCUT2D eigenvalue weighted by Gasteiger charge is 2.13. The predicted molar refractivity (Wildman–Crippen MR) is 93.7 cm³/mol. The smallest absolute Gasteiger partial charge is 0.339 e. The molecule has 6 heteroatoms. The molecule has 0 fully saturated rings. The molecule has 4 nitrogen and oxygen atoms in total. The Hall–Kier alpha value is -1.92. The maximum atomic E-state index is 12.3. The van der Waals surface area contributed by atoms with Crippen molar-refractivity contribution >= 4 is 35.4 Å². The molecule has 0 atom stereocenters. The number of amides is 1. The van der Waals surface area contributed by atoms with Crippen molar-refractivity contribution in [3.05, 3.63) is 59.7 Å². The minimum atomic E-state index is -0.424. The van der Waals surface area contributed by atoms with Crippen molar-refractivity contribution in [3.63, 3.8) is 0 Å². The van der Waals surface area contributed by atoms with Crippen molar-refractivity contribution in [1.82, 2.24) is 0 Å². The quantitative estimate of drug-likeness (QED) is 0.614. The van der Waals surface area contributed by atoms with E-state index in [2.05, 4.69) is 0 Å². The number of carbonyl (C=O) groups is 2. The van der Waals surface area contributed by atoms with E-state index >= 15 is 0 Å². The van der Waals surface area contributed by atoms with Crippen LogP contribution in [0, 0.1) is 0 Å². The molecule has 2 N–H and O–H groups in total. The highest BCUT2D eigenvalue weighted by molar-refractivity contribution is 8.00. The van der Waals surface area contributed by atoms with Crippen molar-refractivity contribution in [2.45, 2.75) is 16.4 Å². The molecule has 0 aliphatic carbocycles. The Kier molecular flexibility index (Phi) is 6.55. The molecule has 2 aromatic carbocycles. The minimum Gasteiger partial charge on any atom is -0.457 e. The van der Waals surface area contributed by atoms with E-state index in [1.807, 2.05) is 30.5 Å². The van der Waals surface area contributed by atoms with Gasteiger partial charge in [0, 0.05) is 9.79 Å². The van der Waals surface area contributed by atoms with E-state index in [1.165, 1.54) is 11.8 Å². The number of esters is 1. The fraction of sp³-hybridized carbons (Fsp3) is 0.176. The van der Waals surface area contributed by atoms with Crippen LogP contribution in [-0.2, 0) is 16.1 Å². The lowest BCUT2D eigenvalue weighted by atomic mass is 10.2. The van der Waals surface area contributed by atoms with Gasteiger partial charge in [-0.15, -0.1) is 23.5 Å². The zero-order valence-electron chi connectivity index (χ0n) is 12.7. The van der Waals surface area contributed by atoms with Crippen molar-refractivity contribution < 1.29 is 14.3 Å². The Morgan fingerprint density at radius 2 is 1.78 bits per heavy atom. The predicted octanol–water partition coefficient (Wildman–Crippen LogP) is 3.34. The highest BCUT2D eigenvalue weighted by atomic mass is 32.2. The summed E-state index contributed by atoms with van der Waals surface area (Å²) in [5.41, 5.74) is 6.52. The van der Waals surface area contributed by atoms with Crippen molar-refractivity contribution in [3.8, 4) is 0 Å². The molecule has 1 amide bonds. The summed E-state index contributed by atoms with van der Waals surface area (Å²) in [5.74, 6) is -0.709. The molecular weight excluding hydrogens is 330 g/mol. The molecule has 0 saturated carbocycles. The number of ether oxygens (including phenoxy) is 1. The monoisotopic (exact) mass is 347 g/mol. The standard InChI is InChI=1S/C17H17NO3S2/c1-22-13-8-6-12(7-9-13)10-21-17(20)14-4-2-3-5-15(14)23-11-16(18)19/h2-9H,10-11H2,1H3,(H2,18,19).